The number of halogens is 2. The number of esters is 1. The van der Waals surface area contributed by atoms with Gasteiger partial charge in [-0.05, 0) is 69.6 Å². The minimum Gasteiger partial charge on any atom is -0.455 e. The summed E-state index contributed by atoms with van der Waals surface area (Å²) in [5.41, 5.74) is 2.12. The maximum absolute atomic E-state index is 13.0. The molecule has 0 radical (unpaired) electrons. The summed E-state index contributed by atoms with van der Waals surface area (Å²) >= 11 is 12.3. The van der Waals surface area contributed by atoms with Gasteiger partial charge in [0, 0.05) is 12.5 Å². The van der Waals surface area contributed by atoms with Crippen LogP contribution in [0.5, 0.6) is 0 Å². The number of hydrogen-bond donors (Lipinski definition) is 0. The summed E-state index contributed by atoms with van der Waals surface area (Å²) in [6.07, 6.45) is 2.34. The largest absolute Gasteiger partial charge is 0.455 e. The van der Waals surface area contributed by atoms with Gasteiger partial charge >= 0.3 is 5.97 Å². The van der Waals surface area contributed by atoms with Crippen molar-refractivity contribution in [2.45, 2.75) is 38.7 Å². The molecule has 194 valence electrons. The van der Waals surface area contributed by atoms with Crippen molar-refractivity contribution in [3.63, 3.8) is 0 Å². The van der Waals surface area contributed by atoms with Gasteiger partial charge < -0.3 is 9.64 Å². The standard InChI is InChI=1S/C31H33Cl2NO3/c1-22(35)27(20-25-16-11-17-28(32)29(25)33)30(36)37-31(2,3)21-34(4)19-18-26(23-12-7-5-8-13-23)24-14-9-6-10-15-24/h5-17,20,26H,18-19,21H2,1-4H3/b27-20-. The molecule has 0 amide bonds. The number of rotatable bonds is 11. The lowest BCUT2D eigenvalue weighted by molar-refractivity contribution is -0.153. The molecule has 3 rings (SSSR count). The fourth-order valence-corrected chi connectivity index (χ4v) is 4.77. The summed E-state index contributed by atoms with van der Waals surface area (Å²) in [5, 5.41) is 0.624. The summed E-state index contributed by atoms with van der Waals surface area (Å²) in [6.45, 7) is 6.31. The van der Waals surface area contributed by atoms with E-state index in [0.29, 0.717) is 17.1 Å². The molecule has 0 saturated carbocycles. The van der Waals surface area contributed by atoms with Crippen molar-refractivity contribution < 1.29 is 14.3 Å². The van der Waals surface area contributed by atoms with Gasteiger partial charge in [-0.1, -0.05) is 96.0 Å². The molecule has 3 aromatic carbocycles. The third-order valence-corrected chi connectivity index (χ3v) is 6.94. The van der Waals surface area contributed by atoms with Crippen LogP contribution in [0.15, 0.2) is 84.4 Å². The summed E-state index contributed by atoms with van der Waals surface area (Å²) in [6, 6.07) is 26.0. The average Bonchev–Trinajstić information content (AvgIpc) is 2.85. The molecular weight excluding hydrogens is 505 g/mol. The van der Waals surface area contributed by atoms with Gasteiger partial charge in [0.05, 0.1) is 10.0 Å². The fourth-order valence-electron chi connectivity index (χ4n) is 4.40. The first-order valence-electron chi connectivity index (χ1n) is 12.3. The van der Waals surface area contributed by atoms with Crippen LogP contribution in [0.4, 0.5) is 0 Å². The molecule has 37 heavy (non-hydrogen) atoms. The summed E-state index contributed by atoms with van der Waals surface area (Å²) < 4.78 is 5.80. The summed E-state index contributed by atoms with van der Waals surface area (Å²) in [4.78, 5) is 27.4. The van der Waals surface area contributed by atoms with E-state index in [2.05, 4.69) is 53.4 Å². The highest BCUT2D eigenvalue weighted by atomic mass is 35.5. The van der Waals surface area contributed by atoms with Gasteiger partial charge in [-0.3, -0.25) is 4.79 Å². The number of hydrogen-bond acceptors (Lipinski definition) is 4. The second-order valence-electron chi connectivity index (χ2n) is 9.81. The van der Waals surface area contributed by atoms with Crippen molar-refractivity contribution >= 4 is 41.0 Å². The molecule has 0 unspecified atom stereocenters. The maximum atomic E-state index is 13.0. The Balaban J connectivity index is 1.68. The topological polar surface area (TPSA) is 46.6 Å². The van der Waals surface area contributed by atoms with Crippen molar-refractivity contribution in [2.75, 3.05) is 20.1 Å². The van der Waals surface area contributed by atoms with Crippen molar-refractivity contribution in [2.24, 2.45) is 0 Å². The molecule has 3 aromatic rings. The van der Waals surface area contributed by atoms with Gasteiger partial charge in [0.1, 0.15) is 11.2 Å². The normalized spacial score (nSPS) is 12.2. The van der Waals surface area contributed by atoms with E-state index < -0.39 is 17.4 Å². The number of carbonyl (C=O) groups is 2. The molecule has 0 aromatic heterocycles. The first kappa shape index (κ1) is 28.6. The molecule has 0 spiro atoms. The third kappa shape index (κ3) is 8.29. The van der Waals surface area contributed by atoms with Gasteiger partial charge in [0.2, 0.25) is 0 Å². The van der Waals surface area contributed by atoms with Crippen LogP contribution in [0, 0.1) is 0 Å². The maximum Gasteiger partial charge on any atom is 0.342 e. The number of ketones is 1. The predicted molar refractivity (Wildman–Crippen MR) is 152 cm³/mol. The van der Waals surface area contributed by atoms with E-state index in [0.717, 1.165) is 13.0 Å². The quantitative estimate of drug-likeness (QED) is 0.110. The van der Waals surface area contributed by atoms with Gasteiger partial charge in [-0.2, -0.15) is 0 Å². The van der Waals surface area contributed by atoms with Gasteiger partial charge in [0.15, 0.2) is 5.78 Å². The Hall–Kier alpha value is -2.92. The van der Waals surface area contributed by atoms with Gasteiger partial charge in [0.25, 0.3) is 0 Å². The van der Waals surface area contributed by atoms with Crippen molar-refractivity contribution in [1.29, 1.82) is 0 Å². The van der Waals surface area contributed by atoms with Crippen molar-refractivity contribution in [3.8, 4) is 0 Å². The van der Waals surface area contributed by atoms with Crippen LogP contribution < -0.4 is 0 Å². The fraction of sp³-hybridized carbons (Fsp3) is 0.290. The van der Waals surface area contributed by atoms with Crippen LogP contribution in [0.2, 0.25) is 10.0 Å². The SMILES string of the molecule is CC(=O)/C(=C/c1cccc(Cl)c1Cl)C(=O)OC(C)(C)CN(C)CCC(c1ccccc1)c1ccccc1. The number of ether oxygens (including phenoxy) is 1. The van der Waals surface area contributed by atoms with Gasteiger partial charge in [-0.15, -0.1) is 0 Å². The highest BCUT2D eigenvalue weighted by Crippen LogP contribution is 2.29. The zero-order valence-corrected chi connectivity index (χ0v) is 23.2. The Kier molecular flexibility index (Phi) is 10.1. The molecule has 0 atom stereocenters. The molecule has 0 aliphatic carbocycles. The molecule has 6 heteroatoms. The minimum atomic E-state index is -0.826. The van der Waals surface area contributed by atoms with Crippen LogP contribution in [-0.4, -0.2) is 42.4 Å². The van der Waals surface area contributed by atoms with Gasteiger partial charge in [-0.25, -0.2) is 4.79 Å². The minimum absolute atomic E-state index is 0.0758. The molecule has 0 bridgehead atoms. The highest BCUT2D eigenvalue weighted by molar-refractivity contribution is 6.43. The van der Waals surface area contributed by atoms with Crippen molar-refractivity contribution in [1.82, 2.24) is 4.90 Å². The number of Topliss-reactive ketones (excluding diaryl/α,β-unsaturated/α-hetero) is 1. The highest BCUT2D eigenvalue weighted by Gasteiger charge is 2.28. The van der Waals surface area contributed by atoms with Crippen LogP contribution in [0.3, 0.4) is 0 Å². The lowest BCUT2D eigenvalue weighted by atomic mass is 9.88. The number of likely N-dealkylation sites (N-methyl/N-ethyl adjacent to an activating group) is 1. The molecule has 0 heterocycles. The lowest BCUT2D eigenvalue weighted by Crippen LogP contribution is -2.41. The Bertz CT molecular complexity index is 1200. The zero-order valence-electron chi connectivity index (χ0n) is 21.7. The second-order valence-corrected chi connectivity index (χ2v) is 10.6. The van der Waals surface area contributed by atoms with Crippen LogP contribution in [0.1, 0.15) is 49.8 Å². The first-order valence-corrected chi connectivity index (χ1v) is 13.0. The molecule has 4 nitrogen and oxygen atoms in total. The van der Waals surface area contributed by atoms with E-state index in [-0.39, 0.29) is 16.5 Å². The third-order valence-electron chi connectivity index (χ3n) is 6.10. The van der Waals surface area contributed by atoms with E-state index in [1.807, 2.05) is 33.0 Å². The summed E-state index contributed by atoms with van der Waals surface area (Å²) in [5.74, 6) is -0.836. The Morgan fingerprint density at radius 1 is 0.919 bits per heavy atom. The Morgan fingerprint density at radius 3 is 2.03 bits per heavy atom. The molecule has 0 fully saturated rings. The zero-order chi connectivity index (χ0) is 27.0. The predicted octanol–water partition coefficient (Wildman–Crippen LogP) is 7.44. The Morgan fingerprint density at radius 2 is 1.49 bits per heavy atom. The number of nitrogens with zero attached hydrogens (tertiary/aromatic N) is 1. The molecular formula is C31H33Cl2NO3. The Labute approximate surface area is 229 Å². The van der Waals surface area contributed by atoms with Crippen LogP contribution >= 0.6 is 23.2 Å². The van der Waals surface area contributed by atoms with E-state index in [4.69, 9.17) is 27.9 Å². The van der Waals surface area contributed by atoms with E-state index in [9.17, 15) is 9.59 Å². The van der Waals surface area contributed by atoms with Crippen molar-refractivity contribution in [3.05, 3.63) is 111 Å². The second kappa shape index (κ2) is 13.0. The molecule has 0 saturated heterocycles. The summed E-state index contributed by atoms with van der Waals surface area (Å²) in [7, 11) is 2.01. The average molecular weight is 539 g/mol. The molecule has 0 N–H and O–H groups in total. The number of benzene rings is 3. The lowest BCUT2D eigenvalue weighted by Gasteiger charge is -2.31. The van der Waals surface area contributed by atoms with E-state index >= 15 is 0 Å². The number of carbonyl (C=O) groups excluding carboxylic acids is 2. The monoisotopic (exact) mass is 537 g/mol. The van der Waals surface area contributed by atoms with Crippen LogP contribution in [0.25, 0.3) is 6.08 Å². The smallest absolute Gasteiger partial charge is 0.342 e. The molecule has 0 aliphatic heterocycles. The molecule has 0 aliphatic rings. The van der Waals surface area contributed by atoms with E-state index in [1.54, 1.807) is 18.2 Å². The van der Waals surface area contributed by atoms with Crippen LogP contribution in [-0.2, 0) is 14.3 Å². The van der Waals surface area contributed by atoms with E-state index in [1.165, 1.54) is 24.1 Å². The first-order chi connectivity index (χ1) is 17.6.